The highest BCUT2D eigenvalue weighted by Crippen LogP contribution is 2.19. The molecule has 8 nitrogen and oxygen atoms in total. The van der Waals surface area contributed by atoms with Gasteiger partial charge >= 0.3 is 11.9 Å². The highest BCUT2D eigenvalue weighted by atomic mass is 16.6. The molecule has 0 spiro atoms. The molecular formula is C12H14N2O6. The lowest BCUT2D eigenvalue weighted by molar-refractivity contribution is -0.491. The molecular weight excluding hydrogens is 268 g/mol. The molecule has 0 unspecified atom stereocenters. The third-order valence-electron chi connectivity index (χ3n) is 2.46. The molecule has 8 heteroatoms. The van der Waals surface area contributed by atoms with Crippen molar-refractivity contribution in [1.82, 2.24) is 5.06 Å². The Labute approximate surface area is 114 Å². The summed E-state index contributed by atoms with van der Waals surface area (Å²) in [6, 6.07) is 6.64. The molecule has 0 aliphatic heterocycles. The van der Waals surface area contributed by atoms with Crippen LogP contribution in [0.25, 0.3) is 0 Å². The Kier molecular flexibility index (Phi) is 5.60. The Bertz CT molecular complexity index is 490. The Morgan fingerprint density at radius 2 is 2.00 bits per heavy atom. The fourth-order valence-corrected chi connectivity index (χ4v) is 1.57. The number of amides is 1. The van der Waals surface area contributed by atoms with Gasteiger partial charge in [0.1, 0.15) is 6.04 Å². The van der Waals surface area contributed by atoms with Crippen LogP contribution in [-0.2, 0) is 14.3 Å². The molecule has 0 radical (unpaired) electrons. The van der Waals surface area contributed by atoms with Crippen LogP contribution in [0.5, 0.6) is 0 Å². The van der Waals surface area contributed by atoms with E-state index in [0.717, 1.165) is 0 Å². The van der Waals surface area contributed by atoms with Gasteiger partial charge in [0, 0.05) is 4.92 Å². The summed E-state index contributed by atoms with van der Waals surface area (Å²) in [6.07, 6.45) is 0. The van der Waals surface area contributed by atoms with Gasteiger partial charge in [-0.1, -0.05) is 30.3 Å². The molecule has 0 aliphatic carbocycles. The first-order valence-corrected chi connectivity index (χ1v) is 5.83. The van der Waals surface area contributed by atoms with Gasteiger partial charge in [-0.05, 0) is 12.5 Å². The van der Waals surface area contributed by atoms with Crippen molar-refractivity contribution in [3.63, 3.8) is 0 Å². The van der Waals surface area contributed by atoms with Gasteiger partial charge < -0.3 is 4.74 Å². The standard InChI is InChI=1S/C12H14N2O6/c1-2-20-12(16)11(15)14(19)10(8-13(17)18)9-6-4-3-5-7-9/h3-7,10,19H,2,8H2,1H3/t10-/m0/s1. The highest BCUT2D eigenvalue weighted by Gasteiger charge is 2.33. The second kappa shape index (κ2) is 7.19. The van der Waals surface area contributed by atoms with Crippen LogP contribution in [-0.4, -0.2) is 40.2 Å². The lowest BCUT2D eigenvalue weighted by atomic mass is 10.1. The number of nitro groups is 1. The highest BCUT2D eigenvalue weighted by molar-refractivity contribution is 6.32. The quantitative estimate of drug-likeness (QED) is 0.281. The van der Waals surface area contributed by atoms with E-state index in [9.17, 15) is 24.9 Å². The topological polar surface area (TPSA) is 110 Å². The first-order valence-electron chi connectivity index (χ1n) is 5.83. The fourth-order valence-electron chi connectivity index (χ4n) is 1.57. The second-order valence-corrected chi connectivity index (χ2v) is 3.81. The van der Waals surface area contributed by atoms with Crippen molar-refractivity contribution in [2.75, 3.05) is 13.2 Å². The molecule has 1 N–H and O–H groups in total. The predicted molar refractivity (Wildman–Crippen MR) is 66.3 cm³/mol. The van der Waals surface area contributed by atoms with Gasteiger partial charge in [0.15, 0.2) is 0 Å². The molecule has 1 atom stereocenters. The Morgan fingerprint density at radius 1 is 1.40 bits per heavy atom. The van der Waals surface area contributed by atoms with E-state index in [1.807, 2.05) is 0 Å². The van der Waals surface area contributed by atoms with Crippen molar-refractivity contribution in [3.8, 4) is 0 Å². The van der Waals surface area contributed by atoms with Gasteiger partial charge in [0.05, 0.1) is 6.61 Å². The van der Waals surface area contributed by atoms with Crippen LogP contribution in [0.15, 0.2) is 30.3 Å². The SMILES string of the molecule is CCOC(=O)C(=O)N(O)[C@@H](C[N+](=O)[O-])c1ccccc1. The molecule has 1 amide bonds. The summed E-state index contributed by atoms with van der Waals surface area (Å²) in [5, 5.41) is 20.4. The van der Waals surface area contributed by atoms with Gasteiger partial charge in [-0.15, -0.1) is 0 Å². The molecule has 1 rings (SSSR count). The third kappa shape index (κ3) is 4.02. The minimum absolute atomic E-state index is 0.0378. The first-order chi connectivity index (χ1) is 9.47. The molecule has 108 valence electrons. The summed E-state index contributed by atoms with van der Waals surface area (Å²) in [5.74, 6) is -2.61. The van der Waals surface area contributed by atoms with E-state index in [1.165, 1.54) is 19.1 Å². The van der Waals surface area contributed by atoms with E-state index in [-0.39, 0.29) is 11.7 Å². The summed E-state index contributed by atoms with van der Waals surface area (Å²) >= 11 is 0. The maximum Gasteiger partial charge on any atom is 0.399 e. The number of hydroxylamine groups is 2. The Hall–Kier alpha value is -2.48. The minimum atomic E-state index is -1.34. The molecule has 0 fully saturated rings. The van der Waals surface area contributed by atoms with E-state index in [1.54, 1.807) is 18.2 Å². The van der Waals surface area contributed by atoms with Crippen molar-refractivity contribution in [1.29, 1.82) is 0 Å². The van der Waals surface area contributed by atoms with Gasteiger partial charge in [-0.3, -0.25) is 20.1 Å². The van der Waals surface area contributed by atoms with E-state index < -0.39 is 29.4 Å². The van der Waals surface area contributed by atoms with Gasteiger partial charge in [0.2, 0.25) is 6.54 Å². The summed E-state index contributed by atoms with van der Waals surface area (Å²) in [6.45, 7) is 0.730. The van der Waals surface area contributed by atoms with E-state index in [2.05, 4.69) is 4.74 Å². The molecule has 0 saturated heterocycles. The number of hydrogen-bond donors (Lipinski definition) is 1. The molecule has 0 aromatic heterocycles. The predicted octanol–water partition coefficient (Wildman–Crippen LogP) is 0.785. The number of carbonyl (C=O) groups is 2. The number of hydrogen-bond acceptors (Lipinski definition) is 6. The molecule has 0 saturated carbocycles. The maximum absolute atomic E-state index is 11.6. The number of nitrogens with zero attached hydrogens (tertiary/aromatic N) is 2. The summed E-state index contributed by atoms with van der Waals surface area (Å²) < 4.78 is 4.46. The van der Waals surface area contributed by atoms with Crippen molar-refractivity contribution in [2.24, 2.45) is 0 Å². The largest absolute Gasteiger partial charge is 0.459 e. The van der Waals surface area contributed by atoms with Crippen LogP contribution >= 0.6 is 0 Å². The van der Waals surface area contributed by atoms with Crippen LogP contribution in [0.3, 0.4) is 0 Å². The molecule has 1 aromatic rings. The lowest BCUT2D eigenvalue weighted by Crippen LogP contribution is -2.40. The number of rotatable bonds is 5. The van der Waals surface area contributed by atoms with Crippen molar-refractivity contribution in [3.05, 3.63) is 46.0 Å². The lowest BCUT2D eigenvalue weighted by Gasteiger charge is -2.22. The number of carbonyl (C=O) groups excluding carboxylic acids is 2. The van der Waals surface area contributed by atoms with Gasteiger partial charge in [-0.2, -0.15) is 0 Å². The average molecular weight is 282 g/mol. The Balaban J connectivity index is 2.96. The molecule has 1 aromatic carbocycles. The zero-order valence-corrected chi connectivity index (χ0v) is 10.8. The van der Waals surface area contributed by atoms with Crippen LogP contribution in [0.1, 0.15) is 18.5 Å². The smallest absolute Gasteiger partial charge is 0.399 e. The van der Waals surface area contributed by atoms with Crippen LogP contribution in [0, 0.1) is 10.1 Å². The van der Waals surface area contributed by atoms with Crippen LogP contribution in [0.2, 0.25) is 0 Å². The van der Waals surface area contributed by atoms with E-state index in [0.29, 0.717) is 5.56 Å². The number of benzene rings is 1. The van der Waals surface area contributed by atoms with Crippen LogP contribution < -0.4 is 0 Å². The number of esters is 1. The minimum Gasteiger partial charge on any atom is -0.459 e. The average Bonchev–Trinajstić information content (AvgIpc) is 2.44. The normalized spacial score (nSPS) is 11.5. The van der Waals surface area contributed by atoms with Crippen molar-refractivity contribution in [2.45, 2.75) is 13.0 Å². The van der Waals surface area contributed by atoms with Crippen molar-refractivity contribution >= 4 is 11.9 Å². The molecule has 0 bridgehead atoms. The summed E-state index contributed by atoms with van der Waals surface area (Å²) in [5.41, 5.74) is 0.337. The van der Waals surface area contributed by atoms with E-state index >= 15 is 0 Å². The van der Waals surface area contributed by atoms with Gasteiger partial charge in [0.25, 0.3) is 0 Å². The second-order valence-electron chi connectivity index (χ2n) is 3.81. The molecule has 20 heavy (non-hydrogen) atoms. The fraction of sp³-hybridized carbons (Fsp3) is 0.333. The Morgan fingerprint density at radius 3 is 2.50 bits per heavy atom. The third-order valence-corrected chi connectivity index (χ3v) is 2.46. The molecule has 0 heterocycles. The summed E-state index contributed by atoms with van der Waals surface area (Å²) in [7, 11) is 0. The first kappa shape index (κ1) is 15.6. The zero-order valence-electron chi connectivity index (χ0n) is 10.8. The summed E-state index contributed by atoms with van der Waals surface area (Å²) in [4.78, 5) is 32.8. The van der Waals surface area contributed by atoms with Crippen LogP contribution in [0.4, 0.5) is 0 Å². The maximum atomic E-state index is 11.6. The number of ether oxygens (including phenoxy) is 1. The van der Waals surface area contributed by atoms with Gasteiger partial charge in [-0.25, -0.2) is 9.86 Å². The zero-order chi connectivity index (χ0) is 15.1. The van der Waals surface area contributed by atoms with E-state index in [4.69, 9.17) is 0 Å². The van der Waals surface area contributed by atoms with Crippen molar-refractivity contribution < 1.29 is 24.5 Å². The molecule has 0 aliphatic rings. The monoisotopic (exact) mass is 282 g/mol.